The Bertz CT molecular complexity index is 364. The molecule has 0 N–H and O–H groups in total. The third-order valence-corrected chi connectivity index (χ3v) is 4.17. The van der Waals surface area contributed by atoms with E-state index >= 15 is 0 Å². The molecule has 17 heavy (non-hydrogen) atoms. The van der Waals surface area contributed by atoms with E-state index in [1.54, 1.807) is 6.07 Å². The first-order valence-corrected chi connectivity index (χ1v) is 7.02. The van der Waals surface area contributed by atoms with E-state index in [-0.39, 0.29) is 0 Å². The molecule has 1 nitrogen and oxygen atoms in total. The predicted octanol–water partition coefficient (Wildman–Crippen LogP) is 4.79. The molecule has 3 heteroatoms. The number of likely N-dealkylation sites (tertiary alicyclic amines) is 1. The SMILES string of the molecule is CC1CCN(C(C)c2cc(Cl)cc(Cl)c2)CC1. The lowest BCUT2D eigenvalue weighted by Gasteiger charge is -2.35. The van der Waals surface area contributed by atoms with Gasteiger partial charge in [0.15, 0.2) is 0 Å². The first kappa shape index (κ1) is 13.2. The highest BCUT2D eigenvalue weighted by Crippen LogP contribution is 2.29. The van der Waals surface area contributed by atoms with Crippen molar-refractivity contribution in [3.8, 4) is 0 Å². The van der Waals surface area contributed by atoms with Gasteiger partial charge in [-0.05, 0) is 62.5 Å². The van der Waals surface area contributed by atoms with Crippen molar-refractivity contribution in [3.63, 3.8) is 0 Å². The minimum absolute atomic E-state index is 0.402. The van der Waals surface area contributed by atoms with Crippen molar-refractivity contribution >= 4 is 23.2 Å². The maximum atomic E-state index is 6.05. The van der Waals surface area contributed by atoms with Crippen molar-refractivity contribution in [2.45, 2.75) is 32.7 Å². The van der Waals surface area contributed by atoms with Gasteiger partial charge in [-0.15, -0.1) is 0 Å². The Balaban J connectivity index is 2.10. The molecule has 1 atom stereocenters. The molecule has 1 heterocycles. The smallest absolute Gasteiger partial charge is 0.0424 e. The van der Waals surface area contributed by atoms with Gasteiger partial charge in [0, 0.05) is 16.1 Å². The van der Waals surface area contributed by atoms with Crippen LogP contribution < -0.4 is 0 Å². The van der Waals surface area contributed by atoms with Crippen LogP contribution in [0.5, 0.6) is 0 Å². The van der Waals surface area contributed by atoms with Crippen LogP contribution in [-0.2, 0) is 0 Å². The average molecular weight is 272 g/mol. The lowest BCUT2D eigenvalue weighted by molar-refractivity contribution is 0.147. The first-order chi connectivity index (χ1) is 8.06. The quantitative estimate of drug-likeness (QED) is 0.748. The summed E-state index contributed by atoms with van der Waals surface area (Å²) in [6.07, 6.45) is 2.58. The molecule has 0 aliphatic carbocycles. The summed E-state index contributed by atoms with van der Waals surface area (Å²) in [6.45, 7) is 6.91. The van der Waals surface area contributed by atoms with E-state index in [1.165, 1.54) is 31.5 Å². The van der Waals surface area contributed by atoms with E-state index in [4.69, 9.17) is 23.2 Å². The summed E-state index contributed by atoms with van der Waals surface area (Å²) in [6, 6.07) is 6.24. The molecule has 94 valence electrons. The van der Waals surface area contributed by atoms with E-state index in [0.29, 0.717) is 6.04 Å². The molecule has 1 aromatic rings. The highest BCUT2D eigenvalue weighted by molar-refractivity contribution is 6.34. The molecule has 0 radical (unpaired) electrons. The van der Waals surface area contributed by atoms with Crippen molar-refractivity contribution in [2.75, 3.05) is 13.1 Å². The second kappa shape index (κ2) is 5.60. The Morgan fingerprint density at radius 2 is 1.65 bits per heavy atom. The fraction of sp³-hybridized carbons (Fsp3) is 0.571. The van der Waals surface area contributed by atoms with Gasteiger partial charge in [-0.1, -0.05) is 30.1 Å². The van der Waals surface area contributed by atoms with Crippen LogP contribution in [0, 0.1) is 5.92 Å². The number of benzene rings is 1. The van der Waals surface area contributed by atoms with Crippen LogP contribution >= 0.6 is 23.2 Å². The molecule has 1 saturated heterocycles. The van der Waals surface area contributed by atoms with E-state index in [0.717, 1.165) is 16.0 Å². The van der Waals surface area contributed by atoms with Crippen LogP contribution in [0.4, 0.5) is 0 Å². The van der Waals surface area contributed by atoms with Crippen LogP contribution in [0.1, 0.15) is 38.3 Å². The van der Waals surface area contributed by atoms with E-state index in [9.17, 15) is 0 Å². The molecular formula is C14H19Cl2N. The van der Waals surface area contributed by atoms with Crippen molar-refractivity contribution < 1.29 is 0 Å². The summed E-state index contributed by atoms with van der Waals surface area (Å²) in [7, 11) is 0. The fourth-order valence-electron chi connectivity index (χ4n) is 2.44. The maximum absolute atomic E-state index is 6.05. The Hall–Kier alpha value is -0.240. The number of hydrogen-bond acceptors (Lipinski definition) is 1. The molecule has 0 spiro atoms. The van der Waals surface area contributed by atoms with Gasteiger partial charge in [-0.3, -0.25) is 4.90 Å². The first-order valence-electron chi connectivity index (χ1n) is 6.26. The monoisotopic (exact) mass is 271 g/mol. The van der Waals surface area contributed by atoms with Crippen molar-refractivity contribution in [1.29, 1.82) is 0 Å². The molecule has 1 fully saturated rings. The molecular weight excluding hydrogens is 253 g/mol. The van der Waals surface area contributed by atoms with Gasteiger partial charge in [0.2, 0.25) is 0 Å². The molecule has 2 rings (SSSR count). The molecule has 0 saturated carbocycles. The number of halogens is 2. The molecule has 0 aromatic heterocycles. The number of piperidine rings is 1. The topological polar surface area (TPSA) is 3.24 Å². The standard InChI is InChI=1S/C14H19Cl2N/c1-10-3-5-17(6-4-10)11(2)12-7-13(15)9-14(16)8-12/h7-11H,3-6H2,1-2H3. The van der Waals surface area contributed by atoms with Gasteiger partial charge in [0.1, 0.15) is 0 Å². The minimum Gasteiger partial charge on any atom is -0.297 e. The Labute approximate surface area is 114 Å². The van der Waals surface area contributed by atoms with Crippen LogP contribution in [0.15, 0.2) is 18.2 Å². The second-order valence-corrected chi connectivity index (χ2v) is 5.97. The Morgan fingerprint density at radius 1 is 1.12 bits per heavy atom. The van der Waals surface area contributed by atoms with E-state index in [1.807, 2.05) is 12.1 Å². The molecule has 1 aromatic carbocycles. The lowest BCUT2D eigenvalue weighted by Crippen LogP contribution is -2.34. The van der Waals surface area contributed by atoms with E-state index in [2.05, 4.69) is 18.7 Å². The third-order valence-electron chi connectivity index (χ3n) is 3.73. The van der Waals surface area contributed by atoms with Gasteiger partial charge in [0.05, 0.1) is 0 Å². The Kier molecular flexibility index (Phi) is 4.35. The largest absolute Gasteiger partial charge is 0.297 e. The van der Waals surface area contributed by atoms with Gasteiger partial charge in [-0.25, -0.2) is 0 Å². The zero-order valence-electron chi connectivity index (χ0n) is 10.4. The van der Waals surface area contributed by atoms with Crippen molar-refractivity contribution in [3.05, 3.63) is 33.8 Å². The lowest BCUT2D eigenvalue weighted by atomic mass is 9.96. The number of rotatable bonds is 2. The summed E-state index contributed by atoms with van der Waals surface area (Å²) in [4.78, 5) is 2.52. The summed E-state index contributed by atoms with van der Waals surface area (Å²) in [5.41, 5.74) is 1.22. The summed E-state index contributed by atoms with van der Waals surface area (Å²) < 4.78 is 0. The third kappa shape index (κ3) is 3.37. The molecule has 1 aliphatic rings. The van der Waals surface area contributed by atoms with Gasteiger partial charge in [-0.2, -0.15) is 0 Å². The highest BCUT2D eigenvalue weighted by atomic mass is 35.5. The summed E-state index contributed by atoms with van der Waals surface area (Å²) >= 11 is 12.1. The van der Waals surface area contributed by atoms with Crippen molar-refractivity contribution in [1.82, 2.24) is 4.90 Å². The van der Waals surface area contributed by atoms with Crippen LogP contribution in [0.2, 0.25) is 10.0 Å². The van der Waals surface area contributed by atoms with Gasteiger partial charge in [0.25, 0.3) is 0 Å². The number of nitrogens with zero attached hydrogens (tertiary/aromatic N) is 1. The highest BCUT2D eigenvalue weighted by Gasteiger charge is 2.21. The van der Waals surface area contributed by atoms with Gasteiger partial charge >= 0.3 is 0 Å². The van der Waals surface area contributed by atoms with E-state index < -0.39 is 0 Å². The summed E-state index contributed by atoms with van der Waals surface area (Å²) in [5.74, 6) is 0.862. The fourth-order valence-corrected chi connectivity index (χ4v) is 2.99. The molecule has 0 bridgehead atoms. The average Bonchev–Trinajstić information content (AvgIpc) is 2.28. The van der Waals surface area contributed by atoms with Crippen LogP contribution in [-0.4, -0.2) is 18.0 Å². The second-order valence-electron chi connectivity index (χ2n) is 5.10. The minimum atomic E-state index is 0.402. The van der Waals surface area contributed by atoms with Gasteiger partial charge < -0.3 is 0 Å². The van der Waals surface area contributed by atoms with Crippen LogP contribution in [0.3, 0.4) is 0 Å². The predicted molar refractivity (Wildman–Crippen MR) is 74.8 cm³/mol. The molecule has 1 aliphatic heterocycles. The molecule has 1 unspecified atom stereocenters. The summed E-state index contributed by atoms with van der Waals surface area (Å²) in [5, 5.41) is 1.45. The van der Waals surface area contributed by atoms with Crippen molar-refractivity contribution in [2.24, 2.45) is 5.92 Å². The normalized spacial score (nSPS) is 20.5. The molecule has 0 amide bonds. The zero-order chi connectivity index (χ0) is 12.4. The maximum Gasteiger partial charge on any atom is 0.0424 e. The Morgan fingerprint density at radius 3 is 2.18 bits per heavy atom. The van der Waals surface area contributed by atoms with Crippen LogP contribution in [0.25, 0.3) is 0 Å². The number of hydrogen-bond donors (Lipinski definition) is 0. The zero-order valence-corrected chi connectivity index (χ0v) is 11.9.